The van der Waals surface area contributed by atoms with Crippen LogP contribution in [0.2, 0.25) is 5.15 Å². The van der Waals surface area contributed by atoms with Crippen LogP contribution in [-0.4, -0.2) is 26.3 Å². The van der Waals surface area contributed by atoms with Crippen LogP contribution in [-0.2, 0) is 0 Å². The summed E-state index contributed by atoms with van der Waals surface area (Å²) in [6.45, 7) is 1.60. The predicted molar refractivity (Wildman–Crippen MR) is 62.1 cm³/mol. The number of rotatable bonds is 3. The molecule has 2 aromatic rings. The van der Waals surface area contributed by atoms with Gasteiger partial charge in [0, 0.05) is 11.8 Å². The summed E-state index contributed by atoms with van der Waals surface area (Å²) in [6.07, 6.45) is 0.362. The molecule has 0 aliphatic carbocycles. The molecule has 2 N–H and O–H groups in total. The molecule has 0 spiro atoms. The molecule has 0 aliphatic heterocycles. The van der Waals surface area contributed by atoms with Gasteiger partial charge in [-0.25, -0.2) is 9.78 Å². The van der Waals surface area contributed by atoms with Gasteiger partial charge in [0.2, 0.25) is 11.7 Å². The molecular formula is C10H9ClN4O3. The molecule has 0 unspecified atom stereocenters. The Morgan fingerprint density at radius 3 is 3.06 bits per heavy atom. The van der Waals surface area contributed by atoms with Crippen LogP contribution < -0.4 is 5.32 Å². The van der Waals surface area contributed by atoms with Gasteiger partial charge in [-0.15, -0.1) is 0 Å². The van der Waals surface area contributed by atoms with Crippen molar-refractivity contribution in [3.05, 3.63) is 29.4 Å². The highest BCUT2D eigenvalue weighted by molar-refractivity contribution is 6.29. The molecule has 2 heterocycles. The van der Waals surface area contributed by atoms with Crippen molar-refractivity contribution >= 4 is 17.7 Å². The van der Waals surface area contributed by atoms with Gasteiger partial charge in [-0.1, -0.05) is 16.8 Å². The lowest BCUT2D eigenvalue weighted by atomic mass is 10.2. The fraction of sp³-hybridized carbons (Fsp3) is 0.200. The number of aromatic nitrogens is 3. The largest absolute Gasteiger partial charge is 0.465 e. The van der Waals surface area contributed by atoms with Crippen LogP contribution in [0.5, 0.6) is 0 Å². The van der Waals surface area contributed by atoms with E-state index in [2.05, 4.69) is 20.4 Å². The van der Waals surface area contributed by atoms with Crippen LogP contribution >= 0.6 is 11.6 Å². The van der Waals surface area contributed by atoms with Gasteiger partial charge >= 0.3 is 6.09 Å². The van der Waals surface area contributed by atoms with Crippen molar-refractivity contribution in [3.63, 3.8) is 0 Å². The summed E-state index contributed by atoms with van der Waals surface area (Å²) in [5.41, 5.74) is 0.646. The Hall–Kier alpha value is -2.15. The lowest BCUT2D eigenvalue weighted by molar-refractivity contribution is 0.187. The van der Waals surface area contributed by atoms with Crippen molar-refractivity contribution in [3.8, 4) is 11.4 Å². The molecule has 0 aromatic carbocycles. The monoisotopic (exact) mass is 268 g/mol. The van der Waals surface area contributed by atoms with Gasteiger partial charge in [0.05, 0.1) is 0 Å². The minimum absolute atomic E-state index is 0.181. The smallest absolute Gasteiger partial charge is 0.405 e. The molecule has 2 aromatic heterocycles. The first kappa shape index (κ1) is 12.3. The minimum Gasteiger partial charge on any atom is -0.465 e. The first-order chi connectivity index (χ1) is 8.56. The van der Waals surface area contributed by atoms with Crippen molar-refractivity contribution in [2.24, 2.45) is 0 Å². The van der Waals surface area contributed by atoms with Gasteiger partial charge in [0.25, 0.3) is 0 Å². The normalized spacial score (nSPS) is 12.1. The van der Waals surface area contributed by atoms with Crippen molar-refractivity contribution in [1.29, 1.82) is 0 Å². The van der Waals surface area contributed by atoms with E-state index in [1.54, 1.807) is 19.1 Å². The van der Waals surface area contributed by atoms with E-state index in [0.29, 0.717) is 16.5 Å². The zero-order valence-corrected chi connectivity index (χ0v) is 10.0. The van der Waals surface area contributed by atoms with E-state index in [0.717, 1.165) is 0 Å². The van der Waals surface area contributed by atoms with E-state index in [4.69, 9.17) is 21.2 Å². The zero-order valence-electron chi connectivity index (χ0n) is 9.29. The Bertz CT molecular complexity index is 572. The third-order valence-electron chi connectivity index (χ3n) is 2.14. The molecule has 1 amide bonds. The maximum atomic E-state index is 10.5. The summed E-state index contributed by atoms with van der Waals surface area (Å²) in [5, 5.41) is 14.9. The highest BCUT2D eigenvalue weighted by atomic mass is 35.5. The summed E-state index contributed by atoms with van der Waals surface area (Å²) < 4.78 is 4.97. The second-order valence-corrected chi connectivity index (χ2v) is 3.88. The first-order valence-electron chi connectivity index (χ1n) is 5.01. The Balaban J connectivity index is 2.22. The number of carbonyl (C=O) groups is 1. The summed E-state index contributed by atoms with van der Waals surface area (Å²) in [5.74, 6) is 0.508. The molecule has 0 bridgehead atoms. The van der Waals surface area contributed by atoms with Crippen molar-refractivity contribution in [1.82, 2.24) is 20.4 Å². The van der Waals surface area contributed by atoms with E-state index in [-0.39, 0.29) is 5.89 Å². The molecule has 2 rings (SSSR count). The highest BCUT2D eigenvalue weighted by Crippen LogP contribution is 2.20. The average Bonchev–Trinajstić information content (AvgIpc) is 2.77. The predicted octanol–water partition coefficient (Wildman–Crippen LogP) is 2.11. The number of nitrogens with one attached hydrogen (secondary N) is 1. The van der Waals surface area contributed by atoms with E-state index in [9.17, 15) is 4.79 Å². The van der Waals surface area contributed by atoms with Gasteiger partial charge in [0.15, 0.2) is 0 Å². The van der Waals surface area contributed by atoms with Gasteiger partial charge in [-0.3, -0.25) is 0 Å². The Labute approximate surface area is 107 Å². The second kappa shape index (κ2) is 5.01. The fourth-order valence-corrected chi connectivity index (χ4v) is 1.49. The topological polar surface area (TPSA) is 101 Å². The molecule has 7 nitrogen and oxygen atoms in total. The standard InChI is InChI=1S/C10H9ClN4O3/c1-5(13-10(16)17)9-14-8(15-18-9)6-2-3-12-7(11)4-6/h2-5,13H,1H3,(H,16,17)/t5-/m0/s1. The lowest BCUT2D eigenvalue weighted by Gasteiger charge is -2.04. The molecule has 18 heavy (non-hydrogen) atoms. The van der Waals surface area contributed by atoms with Gasteiger partial charge in [-0.05, 0) is 19.1 Å². The number of hydrogen-bond donors (Lipinski definition) is 2. The minimum atomic E-state index is -1.16. The van der Waals surface area contributed by atoms with Crippen LogP contribution in [0, 0.1) is 0 Å². The van der Waals surface area contributed by atoms with E-state index < -0.39 is 12.1 Å². The number of amides is 1. The third kappa shape index (κ3) is 2.75. The number of hydrogen-bond acceptors (Lipinski definition) is 5. The van der Waals surface area contributed by atoms with Gasteiger partial charge in [-0.2, -0.15) is 4.98 Å². The van der Waals surface area contributed by atoms with Gasteiger partial charge < -0.3 is 14.9 Å². The average molecular weight is 269 g/mol. The fourth-order valence-electron chi connectivity index (χ4n) is 1.32. The second-order valence-electron chi connectivity index (χ2n) is 3.49. The molecule has 0 saturated carbocycles. The molecular weight excluding hydrogens is 260 g/mol. The summed E-state index contributed by atoms with van der Waals surface area (Å²) in [4.78, 5) is 18.4. The van der Waals surface area contributed by atoms with E-state index in [1.165, 1.54) is 6.20 Å². The van der Waals surface area contributed by atoms with Crippen molar-refractivity contribution in [2.75, 3.05) is 0 Å². The lowest BCUT2D eigenvalue weighted by Crippen LogP contribution is -2.24. The van der Waals surface area contributed by atoms with Crippen LogP contribution in [0.3, 0.4) is 0 Å². The molecule has 0 fully saturated rings. The molecule has 0 saturated heterocycles. The number of nitrogens with zero attached hydrogens (tertiary/aromatic N) is 3. The highest BCUT2D eigenvalue weighted by Gasteiger charge is 2.16. The zero-order chi connectivity index (χ0) is 13.1. The molecule has 0 aliphatic rings. The summed E-state index contributed by atoms with van der Waals surface area (Å²) >= 11 is 5.75. The Morgan fingerprint density at radius 2 is 2.39 bits per heavy atom. The quantitative estimate of drug-likeness (QED) is 0.827. The van der Waals surface area contributed by atoms with Crippen LogP contribution in [0.4, 0.5) is 4.79 Å². The summed E-state index contributed by atoms with van der Waals surface area (Å²) in [6, 6.07) is 2.68. The molecule has 8 heteroatoms. The maximum Gasteiger partial charge on any atom is 0.405 e. The van der Waals surface area contributed by atoms with E-state index >= 15 is 0 Å². The van der Waals surface area contributed by atoms with Crippen LogP contribution in [0.15, 0.2) is 22.9 Å². The summed E-state index contributed by atoms with van der Waals surface area (Å²) in [7, 11) is 0. The molecule has 94 valence electrons. The number of pyridine rings is 1. The maximum absolute atomic E-state index is 10.5. The van der Waals surface area contributed by atoms with Gasteiger partial charge in [0.1, 0.15) is 11.2 Å². The SMILES string of the molecule is C[C@H](NC(=O)O)c1nc(-c2ccnc(Cl)c2)no1. The Kier molecular flexibility index (Phi) is 3.42. The van der Waals surface area contributed by atoms with E-state index in [1.807, 2.05) is 0 Å². The third-order valence-corrected chi connectivity index (χ3v) is 2.34. The Morgan fingerprint density at radius 1 is 1.61 bits per heavy atom. The van der Waals surface area contributed by atoms with Crippen LogP contribution in [0.1, 0.15) is 18.9 Å². The van der Waals surface area contributed by atoms with Crippen molar-refractivity contribution < 1.29 is 14.4 Å². The molecule has 0 radical (unpaired) electrons. The first-order valence-corrected chi connectivity index (χ1v) is 5.39. The number of carboxylic acid groups (broad SMARTS) is 1. The molecule has 1 atom stereocenters. The number of halogens is 1. The van der Waals surface area contributed by atoms with Crippen LogP contribution in [0.25, 0.3) is 11.4 Å². The van der Waals surface area contributed by atoms with Crippen molar-refractivity contribution in [2.45, 2.75) is 13.0 Å².